The lowest BCUT2D eigenvalue weighted by Gasteiger charge is -2.36. The molecule has 2 aliphatic heterocycles. The standard InChI is InChI=1S/C23H31N3O4/c27-21-14-18(9-12-26(21)15-22(28)29)23(30)25-10-7-16(8-11-25)13-19-6-5-17-3-1-2-4-20(17)24-19/h5-6,16,18H,1-4,7-15H2,(H,28,29). The third-order valence-electron chi connectivity index (χ3n) is 6.86. The number of amides is 2. The van der Waals surface area contributed by atoms with Crippen LogP contribution in [0.15, 0.2) is 12.1 Å². The maximum Gasteiger partial charge on any atom is 0.323 e. The number of rotatable bonds is 5. The number of fused-ring (bicyclic) bond motifs is 1. The molecule has 162 valence electrons. The van der Waals surface area contributed by atoms with E-state index in [9.17, 15) is 14.4 Å². The molecule has 0 aromatic carbocycles. The van der Waals surface area contributed by atoms with Crippen LogP contribution in [-0.4, -0.2) is 63.9 Å². The van der Waals surface area contributed by atoms with E-state index in [2.05, 4.69) is 12.1 Å². The molecule has 1 aromatic heterocycles. The molecular formula is C23H31N3O4. The van der Waals surface area contributed by atoms with Crippen LogP contribution in [0.1, 0.15) is 55.5 Å². The van der Waals surface area contributed by atoms with Crippen LogP contribution in [0.4, 0.5) is 0 Å². The Morgan fingerprint density at radius 2 is 1.83 bits per heavy atom. The minimum atomic E-state index is -1.01. The van der Waals surface area contributed by atoms with Gasteiger partial charge in [-0.05, 0) is 68.9 Å². The van der Waals surface area contributed by atoms with Crippen LogP contribution in [0.5, 0.6) is 0 Å². The number of hydrogen-bond acceptors (Lipinski definition) is 4. The lowest BCUT2D eigenvalue weighted by Crippen LogP contribution is -2.48. The van der Waals surface area contributed by atoms with Crippen molar-refractivity contribution in [3.8, 4) is 0 Å². The topological polar surface area (TPSA) is 90.8 Å². The first kappa shape index (κ1) is 20.8. The van der Waals surface area contributed by atoms with Crippen LogP contribution in [0.2, 0.25) is 0 Å². The van der Waals surface area contributed by atoms with Gasteiger partial charge in [0, 0.05) is 43.4 Å². The van der Waals surface area contributed by atoms with Crippen molar-refractivity contribution in [2.24, 2.45) is 11.8 Å². The summed E-state index contributed by atoms with van der Waals surface area (Å²) in [6.45, 7) is 1.54. The summed E-state index contributed by atoms with van der Waals surface area (Å²) >= 11 is 0. The molecule has 1 aromatic rings. The molecule has 1 aliphatic carbocycles. The molecular weight excluding hydrogens is 382 g/mol. The van der Waals surface area contributed by atoms with Gasteiger partial charge in [-0.25, -0.2) is 0 Å². The zero-order valence-corrected chi connectivity index (χ0v) is 17.5. The van der Waals surface area contributed by atoms with E-state index in [1.165, 1.54) is 34.7 Å². The van der Waals surface area contributed by atoms with Crippen LogP contribution in [-0.2, 0) is 33.6 Å². The number of nitrogens with zero attached hydrogens (tertiary/aromatic N) is 3. The summed E-state index contributed by atoms with van der Waals surface area (Å²) in [5, 5.41) is 8.88. The average Bonchev–Trinajstić information content (AvgIpc) is 2.75. The van der Waals surface area contributed by atoms with Crippen molar-refractivity contribution in [3.05, 3.63) is 29.1 Å². The number of aromatic nitrogens is 1. The average molecular weight is 414 g/mol. The van der Waals surface area contributed by atoms with Gasteiger partial charge in [-0.15, -0.1) is 0 Å². The summed E-state index contributed by atoms with van der Waals surface area (Å²) in [6, 6.07) is 4.43. The molecule has 1 atom stereocenters. The van der Waals surface area contributed by atoms with Crippen LogP contribution < -0.4 is 0 Å². The highest BCUT2D eigenvalue weighted by atomic mass is 16.4. The van der Waals surface area contributed by atoms with Gasteiger partial charge in [0.15, 0.2) is 0 Å². The fourth-order valence-corrected chi connectivity index (χ4v) is 5.07. The molecule has 30 heavy (non-hydrogen) atoms. The van der Waals surface area contributed by atoms with Gasteiger partial charge in [0.05, 0.1) is 0 Å². The lowest BCUT2D eigenvalue weighted by molar-refractivity contribution is -0.150. The van der Waals surface area contributed by atoms with E-state index >= 15 is 0 Å². The molecule has 0 saturated carbocycles. The SMILES string of the molecule is O=C(O)CN1CCC(C(=O)N2CCC(Cc3ccc4c(n3)CCCC4)CC2)CC1=O. The first-order valence-corrected chi connectivity index (χ1v) is 11.3. The fourth-order valence-electron chi connectivity index (χ4n) is 5.07. The number of carboxylic acids is 1. The monoisotopic (exact) mass is 413 g/mol. The smallest absolute Gasteiger partial charge is 0.323 e. The number of carboxylic acid groups (broad SMARTS) is 1. The predicted octanol–water partition coefficient (Wildman–Crippen LogP) is 2.06. The molecule has 2 saturated heterocycles. The first-order valence-electron chi connectivity index (χ1n) is 11.3. The summed E-state index contributed by atoms with van der Waals surface area (Å²) in [6.07, 6.45) is 8.35. The Balaban J connectivity index is 1.26. The van der Waals surface area contributed by atoms with Gasteiger partial charge in [0.1, 0.15) is 6.54 Å². The number of carbonyl (C=O) groups excluding carboxylic acids is 2. The van der Waals surface area contributed by atoms with Gasteiger partial charge in [0.2, 0.25) is 11.8 Å². The van der Waals surface area contributed by atoms with E-state index in [0.717, 1.165) is 45.2 Å². The summed E-state index contributed by atoms with van der Waals surface area (Å²) in [7, 11) is 0. The Morgan fingerprint density at radius 1 is 1.07 bits per heavy atom. The van der Waals surface area contributed by atoms with Crippen LogP contribution in [0.3, 0.4) is 0 Å². The highest BCUT2D eigenvalue weighted by molar-refractivity contribution is 5.88. The molecule has 3 aliphatic rings. The molecule has 1 unspecified atom stereocenters. The number of aryl methyl sites for hydroxylation is 2. The molecule has 0 bridgehead atoms. The minimum absolute atomic E-state index is 0.0590. The largest absolute Gasteiger partial charge is 0.480 e. The Bertz CT molecular complexity index is 817. The number of hydrogen-bond donors (Lipinski definition) is 1. The zero-order valence-electron chi connectivity index (χ0n) is 17.5. The van der Waals surface area contributed by atoms with Gasteiger partial charge < -0.3 is 14.9 Å². The Kier molecular flexibility index (Phi) is 6.35. The van der Waals surface area contributed by atoms with Gasteiger partial charge in [0.25, 0.3) is 0 Å². The second kappa shape index (κ2) is 9.14. The van der Waals surface area contributed by atoms with Crippen molar-refractivity contribution < 1.29 is 19.5 Å². The van der Waals surface area contributed by atoms with Crippen LogP contribution >= 0.6 is 0 Å². The van der Waals surface area contributed by atoms with Crippen molar-refractivity contribution in [3.63, 3.8) is 0 Å². The maximum atomic E-state index is 12.9. The molecule has 3 heterocycles. The molecule has 2 amide bonds. The second-order valence-electron chi connectivity index (χ2n) is 8.99. The van der Waals surface area contributed by atoms with Gasteiger partial charge in [-0.1, -0.05) is 6.07 Å². The minimum Gasteiger partial charge on any atom is -0.480 e. The summed E-state index contributed by atoms with van der Waals surface area (Å²) in [4.78, 5) is 44.0. The molecule has 0 radical (unpaired) electrons. The van der Waals surface area contributed by atoms with Gasteiger partial charge >= 0.3 is 5.97 Å². The molecule has 7 heteroatoms. The number of piperidine rings is 2. The van der Waals surface area contributed by atoms with Crippen LogP contribution in [0.25, 0.3) is 0 Å². The van der Waals surface area contributed by atoms with E-state index < -0.39 is 5.97 Å². The molecule has 2 fully saturated rings. The lowest BCUT2D eigenvalue weighted by atomic mass is 9.89. The van der Waals surface area contributed by atoms with E-state index in [4.69, 9.17) is 10.1 Å². The number of likely N-dealkylation sites (tertiary alicyclic amines) is 2. The van der Waals surface area contributed by atoms with Gasteiger partial charge in [-0.3, -0.25) is 19.4 Å². The zero-order chi connectivity index (χ0) is 21.1. The van der Waals surface area contributed by atoms with Crippen molar-refractivity contribution in [2.75, 3.05) is 26.2 Å². The second-order valence-corrected chi connectivity index (χ2v) is 8.99. The summed E-state index contributed by atoms with van der Waals surface area (Å²) < 4.78 is 0. The third kappa shape index (κ3) is 4.82. The van der Waals surface area contributed by atoms with E-state index in [1.54, 1.807) is 0 Å². The van der Waals surface area contributed by atoms with E-state index in [-0.39, 0.29) is 30.7 Å². The van der Waals surface area contributed by atoms with Crippen molar-refractivity contribution in [2.45, 2.75) is 57.8 Å². The molecule has 4 rings (SSSR count). The summed E-state index contributed by atoms with van der Waals surface area (Å²) in [5.41, 5.74) is 3.87. The highest BCUT2D eigenvalue weighted by Crippen LogP contribution is 2.27. The van der Waals surface area contributed by atoms with E-state index in [0.29, 0.717) is 18.9 Å². The maximum absolute atomic E-state index is 12.9. The number of aliphatic carboxylic acids is 1. The van der Waals surface area contributed by atoms with Crippen molar-refractivity contribution >= 4 is 17.8 Å². The number of pyridine rings is 1. The molecule has 0 spiro atoms. The Hall–Kier alpha value is -2.44. The Labute approximate surface area is 177 Å². The normalized spacial score (nSPS) is 22.7. The third-order valence-corrected chi connectivity index (χ3v) is 6.86. The quantitative estimate of drug-likeness (QED) is 0.798. The summed E-state index contributed by atoms with van der Waals surface area (Å²) in [5.74, 6) is -0.939. The van der Waals surface area contributed by atoms with Gasteiger partial charge in [-0.2, -0.15) is 0 Å². The first-order chi connectivity index (χ1) is 14.5. The van der Waals surface area contributed by atoms with Crippen LogP contribution in [0, 0.1) is 11.8 Å². The highest BCUT2D eigenvalue weighted by Gasteiger charge is 2.34. The van der Waals surface area contributed by atoms with E-state index in [1.807, 2.05) is 4.90 Å². The van der Waals surface area contributed by atoms with Crippen molar-refractivity contribution in [1.82, 2.24) is 14.8 Å². The molecule has 1 N–H and O–H groups in total. The number of carbonyl (C=O) groups is 3. The predicted molar refractivity (Wildman–Crippen MR) is 111 cm³/mol. The van der Waals surface area contributed by atoms with Crippen molar-refractivity contribution in [1.29, 1.82) is 0 Å². The fraction of sp³-hybridized carbons (Fsp3) is 0.652. The molecule has 7 nitrogen and oxygen atoms in total. The Morgan fingerprint density at radius 3 is 2.57 bits per heavy atom.